The lowest BCUT2D eigenvalue weighted by Crippen LogP contribution is -1.98. The minimum absolute atomic E-state index is 0.104. The molecule has 6 heteroatoms. The minimum atomic E-state index is -0.524. The van der Waals surface area contributed by atoms with Crippen LogP contribution in [0.25, 0.3) is 0 Å². The zero-order valence-corrected chi connectivity index (χ0v) is 10.0. The molecule has 0 aliphatic rings. The summed E-state index contributed by atoms with van der Waals surface area (Å²) in [5, 5.41) is 11.3. The molecule has 1 aromatic carbocycles. The van der Waals surface area contributed by atoms with Crippen molar-refractivity contribution >= 4 is 27.3 Å². The van der Waals surface area contributed by atoms with E-state index in [1.807, 2.05) is 12.2 Å². The number of ether oxygens (including phenoxy) is 1. The molecule has 0 fully saturated rings. The standard InChI is InChI=1S/C10H11BrN2O3/c11-5-1-2-6-16-8-3-4-10(13(14)15)9(12)7-8/h1-4,7H,5-6,12H2/b2-1-. The molecule has 0 heterocycles. The van der Waals surface area contributed by atoms with E-state index in [2.05, 4.69) is 15.9 Å². The van der Waals surface area contributed by atoms with Crippen LogP contribution in [0.2, 0.25) is 0 Å². The van der Waals surface area contributed by atoms with Crippen molar-refractivity contribution in [3.63, 3.8) is 0 Å². The molecule has 86 valence electrons. The van der Waals surface area contributed by atoms with Crippen molar-refractivity contribution in [1.29, 1.82) is 0 Å². The molecule has 0 saturated carbocycles. The lowest BCUT2D eigenvalue weighted by molar-refractivity contribution is -0.383. The van der Waals surface area contributed by atoms with Gasteiger partial charge in [-0.05, 0) is 6.07 Å². The van der Waals surface area contributed by atoms with Crippen LogP contribution < -0.4 is 10.5 Å². The Labute approximate surface area is 101 Å². The maximum atomic E-state index is 10.5. The van der Waals surface area contributed by atoms with Crippen LogP contribution in [0.15, 0.2) is 30.4 Å². The van der Waals surface area contributed by atoms with Gasteiger partial charge in [0.1, 0.15) is 18.0 Å². The van der Waals surface area contributed by atoms with Crippen molar-refractivity contribution < 1.29 is 9.66 Å². The highest BCUT2D eigenvalue weighted by atomic mass is 79.9. The fourth-order valence-electron chi connectivity index (χ4n) is 1.06. The van der Waals surface area contributed by atoms with Gasteiger partial charge in [-0.15, -0.1) is 0 Å². The summed E-state index contributed by atoms with van der Waals surface area (Å²) in [6, 6.07) is 4.30. The van der Waals surface area contributed by atoms with E-state index in [9.17, 15) is 10.1 Å². The predicted molar refractivity (Wildman–Crippen MR) is 65.9 cm³/mol. The van der Waals surface area contributed by atoms with Gasteiger partial charge in [0.2, 0.25) is 0 Å². The highest BCUT2D eigenvalue weighted by Gasteiger charge is 2.11. The summed E-state index contributed by atoms with van der Waals surface area (Å²) in [7, 11) is 0. The number of benzene rings is 1. The molecule has 0 spiro atoms. The third-order valence-corrected chi connectivity index (χ3v) is 2.17. The van der Waals surface area contributed by atoms with Crippen molar-refractivity contribution in [2.75, 3.05) is 17.7 Å². The molecule has 2 N–H and O–H groups in total. The van der Waals surface area contributed by atoms with Gasteiger partial charge in [-0.1, -0.05) is 28.1 Å². The first-order valence-corrected chi connectivity index (χ1v) is 5.65. The van der Waals surface area contributed by atoms with Gasteiger partial charge in [-0.2, -0.15) is 0 Å². The lowest BCUT2D eigenvalue weighted by Gasteiger charge is -2.04. The topological polar surface area (TPSA) is 78.4 Å². The lowest BCUT2D eigenvalue weighted by atomic mass is 10.2. The van der Waals surface area contributed by atoms with Gasteiger partial charge in [0.15, 0.2) is 0 Å². The quantitative estimate of drug-likeness (QED) is 0.297. The summed E-state index contributed by atoms with van der Waals surface area (Å²) in [4.78, 5) is 9.98. The maximum absolute atomic E-state index is 10.5. The van der Waals surface area contributed by atoms with Crippen LogP contribution in [0, 0.1) is 10.1 Å². The molecule has 0 amide bonds. The number of hydrogen-bond acceptors (Lipinski definition) is 4. The zero-order chi connectivity index (χ0) is 12.0. The predicted octanol–water partition coefficient (Wildman–Crippen LogP) is 2.51. The van der Waals surface area contributed by atoms with E-state index in [0.717, 1.165) is 5.33 Å². The first-order valence-electron chi connectivity index (χ1n) is 4.53. The normalized spacial score (nSPS) is 10.6. The Kier molecular flexibility index (Phi) is 4.78. The molecule has 16 heavy (non-hydrogen) atoms. The number of nitrogens with zero attached hydrogens (tertiary/aromatic N) is 1. The van der Waals surface area contributed by atoms with Crippen LogP contribution in [0.5, 0.6) is 5.75 Å². The van der Waals surface area contributed by atoms with Crippen molar-refractivity contribution in [1.82, 2.24) is 0 Å². The Morgan fingerprint density at radius 2 is 2.25 bits per heavy atom. The molecular weight excluding hydrogens is 276 g/mol. The van der Waals surface area contributed by atoms with Crippen LogP contribution in [0.3, 0.4) is 0 Å². The Balaban J connectivity index is 2.66. The number of alkyl halides is 1. The molecule has 1 rings (SSSR count). The fraction of sp³-hybridized carbons (Fsp3) is 0.200. The molecular formula is C10H11BrN2O3. The Hall–Kier alpha value is -1.56. The number of nitrogen functional groups attached to an aromatic ring is 1. The van der Waals surface area contributed by atoms with Crippen LogP contribution >= 0.6 is 15.9 Å². The molecule has 0 aromatic heterocycles. The van der Waals surface area contributed by atoms with E-state index in [1.54, 1.807) is 0 Å². The average molecular weight is 287 g/mol. The van der Waals surface area contributed by atoms with E-state index in [-0.39, 0.29) is 11.4 Å². The summed E-state index contributed by atoms with van der Waals surface area (Å²) < 4.78 is 5.31. The summed E-state index contributed by atoms with van der Waals surface area (Å²) >= 11 is 3.24. The van der Waals surface area contributed by atoms with E-state index < -0.39 is 4.92 Å². The van der Waals surface area contributed by atoms with Gasteiger partial charge in [0.25, 0.3) is 5.69 Å². The average Bonchev–Trinajstić information content (AvgIpc) is 2.24. The molecule has 0 atom stereocenters. The Morgan fingerprint density at radius 1 is 1.50 bits per heavy atom. The first-order chi connectivity index (χ1) is 7.65. The summed E-state index contributed by atoms with van der Waals surface area (Å²) in [5.41, 5.74) is 5.50. The molecule has 0 radical (unpaired) electrons. The second-order valence-electron chi connectivity index (χ2n) is 2.91. The van der Waals surface area contributed by atoms with E-state index in [1.165, 1.54) is 18.2 Å². The third kappa shape index (κ3) is 3.54. The molecule has 0 unspecified atom stereocenters. The van der Waals surface area contributed by atoms with E-state index >= 15 is 0 Å². The highest BCUT2D eigenvalue weighted by Crippen LogP contribution is 2.25. The van der Waals surface area contributed by atoms with Crippen LogP contribution in [0.1, 0.15) is 0 Å². The molecule has 0 aliphatic heterocycles. The van der Waals surface area contributed by atoms with Crippen molar-refractivity contribution in [2.45, 2.75) is 0 Å². The van der Waals surface area contributed by atoms with Gasteiger partial charge >= 0.3 is 0 Å². The molecule has 0 aliphatic carbocycles. The van der Waals surface area contributed by atoms with Crippen molar-refractivity contribution in [3.8, 4) is 5.75 Å². The van der Waals surface area contributed by atoms with Gasteiger partial charge in [-0.25, -0.2) is 0 Å². The molecule has 5 nitrogen and oxygen atoms in total. The van der Waals surface area contributed by atoms with Gasteiger partial charge in [0.05, 0.1) is 4.92 Å². The second-order valence-corrected chi connectivity index (χ2v) is 3.56. The zero-order valence-electron chi connectivity index (χ0n) is 8.43. The highest BCUT2D eigenvalue weighted by molar-refractivity contribution is 9.09. The summed E-state index contributed by atoms with van der Waals surface area (Å²) in [5.74, 6) is 0.516. The van der Waals surface area contributed by atoms with Crippen LogP contribution in [-0.2, 0) is 0 Å². The maximum Gasteiger partial charge on any atom is 0.292 e. The number of nitrogens with two attached hydrogens (primary N) is 1. The van der Waals surface area contributed by atoms with Crippen molar-refractivity contribution in [3.05, 3.63) is 40.5 Å². The van der Waals surface area contributed by atoms with Gasteiger partial charge in [-0.3, -0.25) is 10.1 Å². The minimum Gasteiger partial charge on any atom is -0.489 e. The number of hydrogen-bond donors (Lipinski definition) is 1. The second kappa shape index (κ2) is 6.12. The van der Waals surface area contributed by atoms with E-state index in [4.69, 9.17) is 10.5 Å². The van der Waals surface area contributed by atoms with Crippen LogP contribution in [-0.4, -0.2) is 16.9 Å². The molecule has 1 aromatic rings. The van der Waals surface area contributed by atoms with E-state index in [0.29, 0.717) is 12.4 Å². The Bertz CT molecular complexity index is 407. The SMILES string of the molecule is Nc1cc(OC/C=C\CBr)ccc1[N+](=O)[O-]. The largest absolute Gasteiger partial charge is 0.489 e. The first kappa shape index (κ1) is 12.5. The van der Waals surface area contributed by atoms with Crippen LogP contribution in [0.4, 0.5) is 11.4 Å². The summed E-state index contributed by atoms with van der Waals surface area (Å²) in [6.45, 7) is 0.406. The fourth-order valence-corrected chi connectivity index (χ4v) is 1.33. The number of nitro groups is 1. The number of halogens is 1. The van der Waals surface area contributed by atoms with Gasteiger partial charge < -0.3 is 10.5 Å². The number of anilines is 1. The number of rotatable bonds is 5. The molecule has 0 saturated heterocycles. The summed E-state index contributed by atoms with van der Waals surface area (Å²) in [6.07, 6.45) is 3.74. The van der Waals surface area contributed by atoms with Gasteiger partial charge in [0, 0.05) is 17.5 Å². The Morgan fingerprint density at radius 3 is 2.81 bits per heavy atom. The smallest absolute Gasteiger partial charge is 0.292 e. The number of allylic oxidation sites excluding steroid dienone is 1. The number of nitro benzene ring substituents is 1. The van der Waals surface area contributed by atoms with Crippen molar-refractivity contribution in [2.24, 2.45) is 0 Å². The monoisotopic (exact) mass is 286 g/mol. The molecule has 0 bridgehead atoms. The third-order valence-electron chi connectivity index (χ3n) is 1.80.